The Bertz CT molecular complexity index is 1580. The lowest BCUT2D eigenvalue weighted by Crippen LogP contribution is -2.37. The number of hydrogen-bond donors (Lipinski definition) is 2. The molecule has 1 aromatic heterocycles. The van der Waals surface area contributed by atoms with E-state index in [2.05, 4.69) is 64.2 Å². The molecule has 0 fully saturated rings. The minimum atomic E-state index is -4.44. The number of furan rings is 1. The first-order chi connectivity index (χ1) is 29.7. The molecule has 3 atom stereocenters. The van der Waals surface area contributed by atoms with E-state index in [-0.39, 0.29) is 26.1 Å². The summed E-state index contributed by atoms with van der Waals surface area (Å²) in [6.07, 6.45) is 38.2. The van der Waals surface area contributed by atoms with E-state index in [1.807, 2.05) is 45.4 Å². The van der Waals surface area contributed by atoms with Gasteiger partial charge in [0.15, 0.2) is 6.10 Å². The van der Waals surface area contributed by atoms with E-state index in [1.54, 1.807) is 12.2 Å². The SMILES string of the molecule is CC/C=C\C/C=C\C/C=C\C/C=C\C=C/C(O)C/C=C\CCC(=O)OC[C@H](COP(=O)(O)OCC[N+](C)(C)C)OC(=O)CCCCCCCCc1oc(CCCCC)c(C)c1C. The second-order valence-electron chi connectivity index (χ2n) is 16.8. The van der Waals surface area contributed by atoms with Crippen LogP contribution in [0.4, 0.5) is 0 Å². The van der Waals surface area contributed by atoms with Crippen molar-refractivity contribution in [2.45, 2.75) is 162 Å². The van der Waals surface area contributed by atoms with Gasteiger partial charge in [-0.2, -0.15) is 0 Å². The third-order valence-electron chi connectivity index (χ3n) is 10.0. The third-order valence-corrected chi connectivity index (χ3v) is 11.0. The van der Waals surface area contributed by atoms with Gasteiger partial charge in [-0.25, -0.2) is 4.57 Å². The van der Waals surface area contributed by atoms with E-state index >= 15 is 0 Å². The van der Waals surface area contributed by atoms with Gasteiger partial charge in [-0.3, -0.25) is 18.6 Å². The molecule has 2 unspecified atom stereocenters. The Morgan fingerprint density at radius 3 is 1.94 bits per heavy atom. The van der Waals surface area contributed by atoms with Crippen molar-refractivity contribution < 1.29 is 51.6 Å². The molecule has 0 saturated carbocycles. The predicted molar refractivity (Wildman–Crippen MR) is 252 cm³/mol. The smallest absolute Gasteiger partial charge is 0.466 e. The maximum Gasteiger partial charge on any atom is 0.472 e. The second-order valence-corrected chi connectivity index (χ2v) is 18.3. The monoisotopic (exact) mass is 889 g/mol. The molecule has 0 amide bonds. The van der Waals surface area contributed by atoms with Gasteiger partial charge in [0.2, 0.25) is 0 Å². The maximum atomic E-state index is 12.8. The van der Waals surface area contributed by atoms with Gasteiger partial charge in [0.25, 0.3) is 0 Å². The molecular formula is C50H83NO10P+. The average Bonchev–Trinajstić information content (AvgIpc) is 3.48. The highest BCUT2D eigenvalue weighted by Gasteiger charge is 2.27. The zero-order chi connectivity index (χ0) is 45.9. The molecule has 1 aromatic rings. The number of phosphoric ester groups is 1. The fourth-order valence-corrected chi connectivity index (χ4v) is 6.87. The van der Waals surface area contributed by atoms with Crippen molar-refractivity contribution in [1.29, 1.82) is 0 Å². The zero-order valence-electron chi connectivity index (χ0n) is 39.4. The lowest BCUT2D eigenvalue weighted by Gasteiger charge is -2.24. The quantitative estimate of drug-likeness (QED) is 0.0166. The summed E-state index contributed by atoms with van der Waals surface area (Å²) in [6.45, 7) is 8.32. The molecule has 0 saturated heterocycles. The van der Waals surface area contributed by atoms with E-state index in [4.69, 9.17) is 22.9 Å². The molecule has 1 rings (SSSR count). The number of phosphoric acid groups is 1. The van der Waals surface area contributed by atoms with Crippen LogP contribution in [0.5, 0.6) is 0 Å². The van der Waals surface area contributed by atoms with Crippen molar-refractivity contribution in [3.8, 4) is 0 Å². The number of esters is 2. The molecular weight excluding hydrogens is 806 g/mol. The number of allylic oxidation sites excluding steroid dienone is 10. The van der Waals surface area contributed by atoms with E-state index < -0.39 is 38.6 Å². The summed E-state index contributed by atoms with van der Waals surface area (Å²) in [5, 5.41) is 10.2. The van der Waals surface area contributed by atoms with Crippen LogP contribution in [-0.2, 0) is 45.5 Å². The van der Waals surface area contributed by atoms with Gasteiger partial charge in [-0.1, -0.05) is 125 Å². The fraction of sp³-hybridized carbons (Fsp3) is 0.640. The number of hydrogen-bond acceptors (Lipinski definition) is 9. The van der Waals surface area contributed by atoms with Crippen molar-refractivity contribution >= 4 is 19.8 Å². The number of quaternary nitrogens is 1. The summed E-state index contributed by atoms with van der Waals surface area (Å²) < 4.78 is 40.5. The molecule has 62 heavy (non-hydrogen) atoms. The highest BCUT2D eigenvalue weighted by Crippen LogP contribution is 2.43. The molecule has 0 spiro atoms. The van der Waals surface area contributed by atoms with Crippen LogP contribution >= 0.6 is 7.82 Å². The first-order valence-corrected chi connectivity index (χ1v) is 24.6. The minimum absolute atomic E-state index is 0.00887. The maximum absolute atomic E-state index is 12.8. The number of nitrogens with zero attached hydrogens (tertiary/aromatic N) is 1. The van der Waals surface area contributed by atoms with Crippen LogP contribution in [0.2, 0.25) is 0 Å². The first kappa shape index (κ1) is 56.7. The highest BCUT2D eigenvalue weighted by molar-refractivity contribution is 7.47. The van der Waals surface area contributed by atoms with Crippen LogP contribution in [0.1, 0.15) is 146 Å². The fourth-order valence-electron chi connectivity index (χ4n) is 6.12. The molecule has 1 heterocycles. The van der Waals surface area contributed by atoms with Gasteiger partial charge in [-0.15, -0.1) is 0 Å². The molecule has 0 aliphatic rings. The Kier molecular flexibility index (Phi) is 32.1. The van der Waals surface area contributed by atoms with Gasteiger partial charge in [0.1, 0.15) is 31.3 Å². The van der Waals surface area contributed by atoms with Crippen molar-refractivity contribution in [3.05, 3.63) is 95.6 Å². The van der Waals surface area contributed by atoms with Crippen LogP contribution in [0, 0.1) is 13.8 Å². The first-order valence-electron chi connectivity index (χ1n) is 23.1. The predicted octanol–water partition coefficient (Wildman–Crippen LogP) is 11.6. The van der Waals surface area contributed by atoms with Crippen LogP contribution < -0.4 is 0 Å². The normalized spacial score (nSPS) is 14.7. The summed E-state index contributed by atoms with van der Waals surface area (Å²) in [6, 6.07) is 0. The Labute approximate surface area is 375 Å². The second kappa shape index (κ2) is 35.1. The van der Waals surface area contributed by atoms with Crippen molar-refractivity contribution in [1.82, 2.24) is 0 Å². The van der Waals surface area contributed by atoms with E-state index in [9.17, 15) is 24.2 Å². The number of carbonyl (C=O) groups excluding carboxylic acids is 2. The van der Waals surface area contributed by atoms with Gasteiger partial charge < -0.3 is 28.4 Å². The number of unbranched alkanes of at least 4 members (excludes halogenated alkanes) is 7. The van der Waals surface area contributed by atoms with Crippen LogP contribution in [0.25, 0.3) is 0 Å². The topological polar surface area (TPSA) is 142 Å². The molecule has 0 radical (unpaired) electrons. The lowest BCUT2D eigenvalue weighted by atomic mass is 10.0. The Morgan fingerprint density at radius 2 is 1.31 bits per heavy atom. The van der Waals surface area contributed by atoms with Gasteiger partial charge in [-0.05, 0) is 82.8 Å². The van der Waals surface area contributed by atoms with Gasteiger partial charge in [0.05, 0.1) is 33.9 Å². The molecule has 12 heteroatoms. The number of aliphatic hydroxyl groups excluding tert-OH is 1. The summed E-state index contributed by atoms with van der Waals surface area (Å²) in [4.78, 5) is 35.6. The summed E-state index contributed by atoms with van der Waals surface area (Å²) in [5.74, 6) is 1.23. The van der Waals surface area contributed by atoms with Crippen molar-refractivity contribution in [2.75, 3.05) is 47.5 Å². The van der Waals surface area contributed by atoms with Crippen molar-refractivity contribution in [2.24, 2.45) is 0 Å². The van der Waals surface area contributed by atoms with E-state index in [0.29, 0.717) is 30.3 Å². The summed E-state index contributed by atoms with van der Waals surface area (Å²) in [7, 11) is 1.34. The Hall–Kier alpha value is -3.31. The zero-order valence-corrected chi connectivity index (χ0v) is 40.3. The molecule has 352 valence electrons. The standard InChI is InChI=1S/C50H82NO10P/c1-8-10-12-13-14-15-16-17-18-19-20-23-28-33-45(52)34-29-26-32-37-49(53)57-41-46(42-59-62(55,56)58-40-39-51(5,6)7)60-50(54)38-31-25-22-21-24-30-36-48-44(4)43(3)47(61-48)35-27-11-9-2/h10,12,14-15,17-18,20,23,26,28-29,33,45-46,52H,8-9,11,13,16,19,21-22,24-25,27,30-32,34-42H2,1-7H3/p+1/b12-10-,15-14-,18-17-,23-20-,29-26-,33-28-/t45?,46-/m1/s1. The highest BCUT2D eigenvalue weighted by atomic mass is 31.2. The molecule has 2 N–H and O–H groups in total. The van der Waals surface area contributed by atoms with E-state index in [0.717, 1.165) is 88.6 Å². The van der Waals surface area contributed by atoms with Crippen molar-refractivity contribution in [3.63, 3.8) is 0 Å². The summed E-state index contributed by atoms with van der Waals surface area (Å²) in [5.41, 5.74) is 2.58. The number of ether oxygens (including phenoxy) is 2. The molecule has 0 aliphatic carbocycles. The third kappa shape index (κ3) is 31.5. The van der Waals surface area contributed by atoms with Gasteiger partial charge in [0, 0.05) is 25.7 Å². The molecule has 0 aliphatic heterocycles. The Morgan fingerprint density at radius 1 is 0.710 bits per heavy atom. The average molecular weight is 889 g/mol. The largest absolute Gasteiger partial charge is 0.472 e. The number of likely N-dealkylation sites (N-methyl/N-ethyl adjacent to an activating group) is 1. The molecule has 0 bridgehead atoms. The van der Waals surface area contributed by atoms with E-state index in [1.165, 1.54) is 24.0 Å². The van der Waals surface area contributed by atoms with Crippen LogP contribution in [0.15, 0.2) is 77.3 Å². The van der Waals surface area contributed by atoms with Gasteiger partial charge >= 0.3 is 19.8 Å². The Balaban J connectivity index is 2.47. The number of rotatable bonds is 37. The lowest BCUT2D eigenvalue weighted by molar-refractivity contribution is -0.870. The minimum Gasteiger partial charge on any atom is -0.466 e. The number of aryl methyl sites for hydroxylation is 2. The molecule has 0 aromatic carbocycles. The number of carbonyl (C=O) groups is 2. The van der Waals surface area contributed by atoms with Crippen LogP contribution in [0.3, 0.4) is 0 Å². The number of aliphatic hydroxyl groups is 1. The molecule has 11 nitrogen and oxygen atoms in total. The van der Waals surface area contributed by atoms with Crippen LogP contribution in [-0.4, -0.2) is 86.1 Å². The summed E-state index contributed by atoms with van der Waals surface area (Å²) >= 11 is 0.